The molecule has 2 heterocycles. The fourth-order valence-electron chi connectivity index (χ4n) is 2.24. The van der Waals surface area contributed by atoms with Crippen LogP contribution in [0.15, 0.2) is 5.38 Å². The molecule has 1 aromatic rings. The molecule has 3 N–H and O–H groups in total. The highest BCUT2D eigenvalue weighted by atomic mass is 32.1. The minimum atomic E-state index is -0.475. The summed E-state index contributed by atoms with van der Waals surface area (Å²) in [6, 6.07) is -0.475. The van der Waals surface area contributed by atoms with Gasteiger partial charge >= 0.3 is 0 Å². The molecule has 1 saturated heterocycles. The van der Waals surface area contributed by atoms with Gasteiger partial charge in [0.25, 0.3) is 0 Å². The smallest absolute Gasteiger partial charge is 0.243 e. The van der Waals surface area contributed by atoms with Crippen LogP contribution in [0, 0.1) is 5.92 Å². The Kier molecular flexibility index (Phi) is 6.10. The topological polar surface area (TPSA) is 80.5 Å². The summed E-state index contributed by atoms with van der Waals surface area (Å²) in [5.74, 6) is 0.245. The molecule has 0 radical (unpaired) electrons. The Labute approximate surface area is 129 Å². The van der Waals surface area contributed by atoms with E-state index in [1.165, 1.54) is 11.3 Å². The number of ether oxygens (including phenoxy) is 1. The lowest BCUT2D eigenvalue weighted by atomic mass is 10.0. The van der Waals surface area contributed by atoms with Crippen molar-refractivity contribution < 1.29 is 9.53 Å². The molecule has 7 heteroatoms. The molecule has 118 valence electrons. The van der Waals surface area contributed by atoms with E-state index >= 15 is 0 Å². The Hall–Kier alpha value is -1.02. The number of hydrogen-bond donors (Lipinski definition) is 2. The van der Waals surface area contributed by atoms with Crippen LogP contribution in [0.1, 0.15) is 26.0 Å². The first kappa shape index (κ1) is 16.4. The van der Waals surface area contributed by atoms with Gasteiger partial charge in [-0.2, -0.15) is 0 Å². The zero-order chi connectivity index (χ0) is 15.2. The Morgan fingerprint density at radius 1 is 1.52 bits per heavy atom. The van der Waals surface area contributed by atoms with Crippen LogP contribution >= 0.6 is 11.3 Å². The fourth-order valence-corrected chi connectivity index (χ4v) is 2.94. The number of nitrogens with two attached hydrogens (primary N) is 1. The quantitative estimate of drug-likeness (QED) is 0.827. The van der Waals surface area contributed by atoms with Gasteiger partial charge in [0.1, 0.15) is 0 Å². The van der Waals surface area contributed by atoms with Crippen molar-refractivity contribution in [1.29, 1.82) is 0 Å². The van der Waals surface area contributed by atoms with Crippen LogP contribution in [0.5, 0.6) is 0 Å². The monoisotopic (exact) mass is 312 g/mol. The number of anilines is 1. The number of nitrogens with one attached hydrogen (secondary N) is 1. The number of rotatable bonds is 6. The number of hydrogen-bond acceptors (Lipinski definition) is 6. The summed E-state index contributed by atoms with van der Waals surface area (Å²) in [6.07, 6.45) is 0.678. The maximum atomic E-state index is 12.0. The van der Waals surface area contributed by atoms with Crippen molar-refractivity contribution >= 4 is 22.4 Å². The van der Waals surface area contributed by atoms with Gasteiger partial charge in [0.05, 0.1) is 24.9 Å². The van der Waals surface area contributed by atoms with Crippen molar-refractivity contribution in [3.05, 3.63) is 11.1 Å². The lowest BCUT2D eigenvalue weighted by Gasteiger charge is -2.25. The van der Waals surface area contributed by atoms with E-state index in [9.17, 15) is 4.79 Å². The van der Waals surface area contributed by atoms with Gasteiger partial charge in [-0.05, 0) is 12.3 Å². The van der Waals surface area contributed by atoms with Gasteiger partial charge in [-0.1, -0.05) is 13.8 Å². The molecule has 2 rings (SSSR count). The number of nitrogens with zero attached hydrogens (tertiary/aromatic N) is 2. The molecule has 21 heavy (non-hydrogen) atoms. The van der Waals surface area contributed by atoms with E-state index in [4.69, 9.17) is 10.5 Å². The van der Waals surface area contributed by atoms with Crippen molar-refractivity contribution in [3.8, 4) is 0 Å². The number of aromatic nitrogens is 1. The third-order valence-corrected chi connectivity index (χ3v) is 4.14. The fraction of sp³-hybridized carbons (Fsp3) is 0.714. The van der Waals surface area contributed by atoms with Crippen molar-refractivity contribution in [3.63, 3.8) is 0 Å². The molecule has 0 aromatic carbocycles. The highest BCUT2D eigenvalue weighted by molar-refractivity contribution is 7.13. The summed E-state index contributed by atoms with van der Waals surface area (Å²) in [4.78, 5) is 18.7. The lowest BCUT2D eigenvalue weighted by molar-refractivity contribution is -0.117. The van der Waals surface area contributed by atoms with E-state index in [1.54, 1.807) is 0 Å². The van der Waals surface area contributed by atoms with Gasteiger partial charge in [-0.3, -0.25) is 9.69 Å². The van der Waals surface area contributed by atoms with Gasteiger partial charge < -0.3 is 15.8 Å². The first-order valence-electron chi connectivity index (χ1n) is 7.35. The van der Waals surface area contributed by atoms with Crippen LogP contribution in [0.25, 0.3) is 0 Å². The minimum Gasteiger partial charge on any atom is -0.379 e. The SMILES string of the molecule is CC(C)C[C@H](N)C(=O)Nc1nc(CN2CCOCC2)cs1. The summed E-state index contributed by atoms with van der Waals surface area (Å²) in [7, 11) is 0. The van der Waals surface area contributed by atoms with Gasteiger partial charge in [0, 0.05) is 25.0 Å². The summed E-state index contributed by atoms with van der Waals surface area (Å²) >= 11 is 1.45. The normalized spacial score (nSPS) is 17.9. The molecule has 0 unspecified atom stereocenters. The molecule has 6 nitrogen and oxygen atoms in total. The Morgan fingerprint density at radius 3 is 2.90 bits per heavy atom. The summed E-state index contributed by atoms with van der Waals surface area (Å²) in [5.41, 5.74) is 6.85. The second kappa shape index (κ2) is 7.84. The van der Waals surface area contributed by atoms with Crippen LogP contribution in [-0.4, -0.2) is 48.1 Å². The summed E-state index contributed by atoms with van der Waals surface area (Å²) < 4.78 is 5.32. The number of amides is 1. The minimum absolute atomic E-state index is 0.157. The largest absolute Gasteiger partial charge is 0.379 e. The number of morpholine rings is 1. The van der Waals surface area contributed by atoms with Gasteiger partial charge in [0.15, 0.2) is 5.13 Å². The van der Waals surface area contributed by atoms with E-state index in [0.717, 1.165) is 38.5 Å². The molecule has 0 bridgehead atoms. The molecule has 1 aliphatic heterocycles. The second-order valence-corrected chi connectivity index (χ2v) is 6.62. The second-order valence-electron chi connectivity index (χ2n) is 5.76. The predicted octanol–water partition coefficient (Wildman–Crippen LogP) is 1.29. The number of carbonyl (C=O) groups excluding carboxylic acids is 1. The van der Waals surface area contributed by atoms with E-state index in [2.05, 4.69) is 29.0 Å². The summed E-state index contributed by atoms with van der Waals surface area (Å²) in [5, 5.41) is 5.42. The Bertz CT molecular complexity index is 458. The van der Waals surface area contributed by atoms with Crippen LogP contribution in [0.4, 0.5) is 5.13 Å². The van der Waals surface area contributed by atoms with Gasteiger partial charge in [-0.25, -0.2) is 4.98 Å². The molecule has 1 amide bonds. The van der Waals surface area contributed by atoms with Crippen molar-refractivity contribution in [2.75, 3.05) is 31.6 Å². The van der Waals surface area contributed by atoms with E-state index in [-0.39, 0.29) is 5.91 Å². The zero-order valence-electron chi connectivity index (χ0n) is 12.7. The first-order chi connectivity index (χ1) is 10.0. The van der Waals surface area contributed by atoms with Crippen LogP contribution in [-0.2, 0) is 16.1 Å². The maximum absolute atomic E-state index is 12.0. The first-order valence-corrected chi connectivity index (χ1v) is 8.23. The zero-order valence-corrected chi connectivity index (χ0v) is 13.5. The van der Waals surface area contributed by atoms with Crippen molar-refractivity contribution in [2.45, 2.75) is 32.9 Å². The van der Waals surface area contributed by atoms with Crippen molar-refractivity contribution in [1.82, 2.24) is 9.88 Å². The molecular formula is C14H24N4O2S. The molecule has 1 fully saturated rings. The van der Waals surface area contributed by atoms with Gasteiger partial charge in [-0.15, -0.1) is 11.3 Å². The molecular weight excluding hydrogens is 288 g/mol. The number of carbonyl (C=O) groups is 1. The van der Waals surface area contributed by atoms with E-state index in [1.807, 2.05) is 5.38 Å². The average Bonchev–Trinajstić information content (AvgIpc) is 2.86. The molecule has 1 aliphatic rings. The van der Waals surface area contributed by atoms with Crippen LogP contribution in [0.3, 0.4) is 0 Å². The third-order valence-electron chi connectivity index (χ3n) is 3.33. The highest BCUT2D eigenvalue weighted by Crippen LogP contribution is 2.18. The third kappa shape index (κ3) is 5.35. The molecule has 0 spiro atoms. The Balaban J connectivity index is 1.83. The molecule has 1 atom stereocenters. The maximum Gasteiger partial charge on any atom is 0.243 e. The highest BCUT2D eigenvalue weighted by Gasteiger charge is 2.17. The van der Waals surface area contributed by atoms with Crippen LogP contribution in [0.2, 0.25) is 0 Å². The van der Waals surface area contributed by atoms with E-state index in [0.29, 0.717) is 17.5 Å². The predicted molar refractivity (Wildman–Crippen MR) is 84.3 cm³/mol. The van der Waals surface area contributed by atoms with Crippen LogP contribution < -0.4 is 11.1 Å². The molecule has 1 aromatic heterocycles. The average molecular weight is 312 g/mol. The van der Waals surface area contributed by atoms with Crippen molar-refractivity contribution in [2.24, 2.45) is 11.7 Å². The standard InChI is InChI=1S/C14H24N4O2S/c1-10(2)7-12(15)13(19)17-14-16-11(9-21-14)8-18-3-5-20-6-4-18/h9-10,12H,3-8,15H2,1-2H3,(H,16,17,19)/t12-/m0/s1. The van der Waals surface area contributed by atoms with E-state index < -0.39 is 6.04 Å². The summed E-state index contributed by atoms with van der Waals surface area (Å²) in [6.45, 7) is 8.31. The molecule has 0 saturated carbocycles. The number of thiazole rings is 1. The Morgan fingerprint density at radius 2 is 2.24 bits per heavy atom. The van der Waals surface area contributed by atoms with Gasteiger partial charge in [0.2, 0.25) is 5.91 Å². The molecule has 0 aliphatic carbocycles. The lowest BCUT2D eigenvalue weighted by Crippen LogP contribution is -2.36.